The molecule has 1 amide bonds. The molecule has 1 aliphatic carbocycles. The average molecular weight is 431 g/mol. The van der Waals surface area contributed by atoms with Gasteiger partial charge in [0.15, 0.2) is 11.0 Å². The molecule has 4 rings (SSSR count). The number of rotatable bonds is 7. The normalized spacial score (nSPS) is 14.6. The van der Waals surface area contributed by atoms with Crippen molar-refractivity contribution in [3.8, 4) is 11.4 Å². The molecule has 1 aliphatic rings. The van der Waals surface area contributed by atoms with E-state index in [1.165, 1.54) is 17.8 Å². The van der Waals surface area contributed by atoms with E-state index in [2.05, 4.69) is 15.5 Å². The molecule has 1 fully saturated rings. The zero-order valence-electron chi connectivity index (χ0n) is 15.8. The summed E-state index contributed by atoms with van der Waals surface area (Å²) in [6.07, 6.45) is 2.21. The van der Waals surface area contributed by atoms with Crippen molar-refractivity contribution in [1.82, 2.24) is 20.1 Å². The second kappa shape index (κ2) is 8.55. The molecule has 2 aromatic carbocycles. The molecule has 1 heterocycles. The van der Waals surface area contributed by atoms with Crippen molar-refractivity contribution in [2.24, 2.45) is 13.0 Å². The van der Waals surface area contributed by atoms with Crippen LogP contribution in [0.1, 0.15) is 24.4 Å². The lowest BCUT2D eigenvalue weighted by atomic mass is 10.0. The lowest BCUT2D eigenvalue weighted by Crippen LogP contribution is -2.31. The van der Waals surface area contributed by atoms with Gasteiger partial charge in [-0.2, -0.15) is 0 Å². The molecule has 0 saturated heterocycles. The fourth-order valence-electron chi connectivity index (χ4n) is 3.24. The van der Waals surface area contributed by atoms with Gasteiger partial charge in [-0.25, -0.2) is 4.39 Å². The van der Waals surface area contributed by atoms with E-state index in [0.29, 0.717) is 27.5 Å². The fourth-order valence-corrected chi connectivity index (χ4v) is 4.08. The van der Waals surface area contributed by atoms with E-state index in [4.69, 9.17) is 11.6 Å². The van der Waals surface area contributed by atoms with Crippen LogP contribution >= 0.6 is 23.4 Å². The Morgan fingerprint density at radius 1 is 1.24 bits per heavy atom. The third-order valence-corrected chi connectivity index (χ3v) is 6.19. The minimum absolute atomic E-state index is 0.00570. The molecule has 29 heavy (non-hydrogen) atoms. The summed E-state index contributed by atoms with van der Waals surface area (Å²) in [5.41, 5.74) is 1.45. The van der Waals surface area contributed by atoms with E-state index in [1.54, 1.807) is 29.8 Å². The fraction of sp³-hybridized carbons (Fsp3) is 0.286. The average Bonchev–Trinajstić information content (AvgIpc) is 3.49. The molecule has 1 atom stereocenters. The van der Waals surface area contributed by atoms with Crippen molar-refractivity contribution >= 4 is 29.3 Å². The summed E-state index contributed by atoms with van der Waals surface area (Å²) in [7, 11) is 1.77. The van der Waals surface area contributed by atoms with Gasteiger partial charge in [-0.1, -0.05) is 47.6 Å². The maximum Gasteiger partial charge on any atom is 0.230 e. The van der Waals surface area contributed by atoms with E-state index in [0.717, 1.165) is 18.4 Å². The SMILES string of the molecule is Cn1c(SCC(=O)N[C@@H](c2ccc(Cl)cc2)C2CC2)nnc1-c1ccccc1F. The number of hydrogen-bond acceptors (Lipinski definition) is 4. The van der Waals surface area contributed by atoms with Gasteiger partial charge in [0.1, 0.15) is 5.82 Å². The molecular formula is C21H20ClFN4OS. The van der Waals surface area contributed by atoms with Crippen LogP contribution < -0.4 is 5.32 Å². The number of amides is 1. The van der Waals surface area contributed by atoms with Crippen molar-refractivity contribution in [1.29, 1.82) is 0 Å². The van der Waals surface area contributed by atoms with E-state index in [1.807, 2.05) is 24.3 Å². The van der Waals surface area contributed by atoms with Crippen LogP contribution in [0.2, 0.25) is 5.02 Å². The van der Waals surface area contributed by atoms with E-state index >= 15 is 0 Å². The molecule has 5 nitrogen and oxygen atoms in total. The first-order chi connectivity index (χ1) is 14.0. The number of benzene rings is 2. The largest absolute Gasteiger partial charge is 0.348 e. The highest BCUT2D eigenvalue weighted by atomic mass is 35.5. The summed E-state index contributed by atoms with van der Waals surface area (Å²) < 4.78 is 15.7. The van der Waals surface area contributed by atoms with Gasteiger partial charge >= 0.3 is 0 Å². The minimum atomic E-state index is -0.354. The van der Waals surface area contributed by atoms with Gasteiger partial charge in [-0.15, -0.1) is 10.2 Å². The smallest absolute Gasteiger partial charge is 0.230 e. The Hall–Kier alpha value is -2.38. The van der Waals surface area contributed by atoms with E-state index in [-0.39, 0.29) is 23.5 Å². The Bertz CT molecular complexity index is 1020. The van der Waals surface area contributed by atoms with Crippen LogP contribution in [-0.2, 0) is 11.8 Å². The maximum atomic E-state index is 14.0. The summed E-state index contributed by atoms with van der Waals surface area (Å²) in [5, 5.41) is 12.6. The molecule has 0 bridgehead atoms. The quantitative estimate of drug-likeness (QED) is 0.555. The standard InChI is InChI=1S/C21H20ClFN4OS/c1-27-20(16-4-2-3-5-17(16)23)25-26-21(27)29-12-18(28)24-19(13-6-7-13)14-8-10-15(22)11-9-14/h2-5,8-11,13,19H,6-7,12H2,1H3,(H,24,28)/t19-/m1/s1. The monoisotopic (exact) mass is 430 g/mol. The van der Waals surface area contributed by atoms with Crippen LogP contribution in [-0.4, -0.2) is 26.4 Å². The predicted octanol–water partition coefficient (Wildman–Crippen LogP) is 4.63. The summed E-state index contributed by atoms with van der Waals surface area (Å²) >= 11 is 7.26. The third kappa shape index (κ3) is 4.62. The van der Waals surface area contributed by atoms with E-state index < -0.39 is 0 Å². The lowest BCUT2D eigenvalue weighted by Gasteiger charge is -2.18. The van der Waals surface area contributed by atoms with Gasteiger partial charge in [0.25, 0.3) is 0 Å². The maximum absolute atomic E-state index is 14.0. The highest BCUT2D eigenvalue weighted by Crippen LogP contribution is 2.41. The summed E-state index contributed by atoms with van der Waals surface area (Å²) in [6, 6.07) is 14.0. The highest BCUT2D eigenvalue weighted by Gasteiger charge is 2.33. The van der Waals surface area contributed by atoms with Gasteiger partial charge in [-0.3, -0.25) is 4.79 Å². The van der Waals surface area contributed by atoms with Crippen molar-refractivity contribution in [2.45, 2.75) is 24.0 Å². The zero-order valence-corrected chi connectivity index (χ0v) is 17.4. The van der Waals surface area contributed by atoms with Gasteiger partial charge in [-0.05, 0) is 48.6 Å². The van der Waals surface area contributed by atoms with Gasteiger partial charge in [0.2, 0.25) is 5.91 Å². The Labute approximate surface area is 177 Å². The first-order valence-electron chi connectivity index (χ1n) is 9.35. The first-order valence-corrected chi connectivity index (χ1v) is 10.7. The van der Waals surface area contributed by atoms with Gasteiger partial charge in [0.05, 0.1) is 17.4 Å². The van der Waals surface area contributed by atoms with E-state index in [9.17, 15) is 9.18 Å². The lowest BCUT2D eigenvalue weighted by molar-refractivity contribution is -0.119. The first kappa shape index (κ1) is 19.9. The van der Waals surface area contributed by atoms with Crippen LogP contribution in [0.5, 0.6) is 0 Å². The van der Waals surface area contributed by atoms with Crippen LogP contribution in [0.4, 0.5) is 4.39 Å². The van der Waals surface area contributed by atoms with Gasteiger partial charge in [0, 0.05) is 12.1 Å². The summed E-state index contributed by atoms with van der Waals surface area (Å²) in [5.74, 6) is 0.681. The number of halogens is 2. The topological polar surface area (TPSA) is 59.8 Å². The third-order valence-electron chi connectivity index (χ3n) is 4.92. The summed E-state index contributed by atoms with van der Waals surface area (Å²) in [6.45, 7) is 0. The van der Waals surface area contributed by atoms with Crippen LogP contribution in [0, 0.1) is 11.7 Å². The number of thioether (sulfide) groups is 1. The molecule has 0 aliphatic heterocycles. The zero-order chi connectivity index (χ0) is 20.4. The molecule has 0 radical (unpaired) electrons. The van der Waals surface area contributed by atoms with Crippen LogP contribution in [0.15, 0.2) is 53.7 Å². The molecule has 1 saturated carbocycles. The minimum Gasteiger partial charge on any atom is -0.348 e. The number of carbonyl (C=O) groups excluding carboxylic acids is 1. The number of hydrogen-bond donors (Lipinski definition) is 1. The predicted molar refractivity (Wildman–Crippen MR) is 112 cm³/mol. The Balaban J connectivity index is 1.41. The van der Waals surface area contributed by atoms with Crippen LogP contribution in [0.25, 0.3) is 11.4 Å². The van der Waals surface area contributed by atoms with Crippen molar-refractivity contribution in [3.05, 3.63) is 64.9 Å². The number of aromatic nitrogens is 3. The number of nitrogens with one attached hydrogen (secondary N) is 1. The number of nitrogens with zero attached hydrogens (tertiary/aromatic N) is 3. The van der Waals surface area contributed by atoms with Crippen molar-refractivity contribution in [2.75, 3.05) is 5.75 Å². The Kier molecular flexibility index (Phi) is 5.87. The molecule has 0 unspecified atom stereocenters. The second-order valence-electron chi connectivity index (χ2n) is 7.07. The Morgan fingerprint density at radius 2 is 1.97 bits per heavy atom. The van der Waals surface area contributed by atoms with Crippen molar-refractivity contribution in [3.63, 3.8) is 0 Å². The molecule has 3 aromatic rings. The molecular weight excluding hydrogens is 411 g/mol. The molecule has 8 heteroatoms. The van der Waals surface area contributed by atoms with Crippen LogP contribution in [0.3, 0.4) is 0 Å². The van der Waals surface area contributed by atoms with Crippen molar-refractivity contribution < 1.29 is 9.18 Å². The number of carbonyl (C=O) groups is 1. The Morgan fingerprint density at radius 3 is 2.66 bits per heavy atom. The molecule has 150 valence electrons. The highest BCUT2D eigenvalue weighted by molar-refractivity contribution is 7.99. The summed E-state index contributed by atoms with van der Waals surface area (Å²) in [4.78, 5) is 12.6. The van der Waals surface area contributed by atoms with Gasteiger partial charge < -0.3 is 9.88 Å². The molecule has 0 spiro atoms. The molecule has 1 N–H and O–H groups in total. The second-order valence-corrected chi connectivity index (χ2v) is 8.45. The molecule has 1 aromatic heterocycles.